The van der Waals surface area contributed by atoms with Crippen molar-refractivity contribution in [2.24, 2.45) is 10.8 Å². The van der Waals surface area contributed by atoms with E-state index in [1.807, 2.05) is 30.7 Å². The first-order valence-corrected chi connectivity index (χ1v) is 13.0. The standard InChI is InChI=1S/C30H35N3O2/c1-28(2,21-8-4-3-5-9-21)32-27(35)30-15-12-29(13-16-30,14-17-30)26(34)18-24-22-10-6-7-11-23(22)25-19-31-20-33(24)25/h3-11,19-20,24,26,34H,12-18H2,1-2H3,(H,32,35). The maximum Gasteiger partial charge on any atom is 0.226 e. The summed E-state index contributed by atoms with van der Waals surface area (Å²) >= 11 is 0. The number of benzene rings is 2. The van der Waals surface area contributed by atoms with Gasteiger partial charge in [-0.25, -0.2) is 4.98 Å². The summed E-state index contributed by atoms with van der Waals surface area (Å²) < 4.78 is 2.22. The lowest BCUT2D eigenvalue weighted by Gasteiger charge is -2.55. The summed E-state index contributed by atoms with van der Waals surface area (Å²) in [5, 5.41) is 15.0. The molecule has 182 valence electrons. The third kappa shape index (κ3) is 3.55. The number of hydrogen-bond acceptors (Lipinski definition) is 3. The highest BCUT2D eigenvalue weighted by Gasteiger charge is 2.55. The molecule has 1 aromatic heterocycles. The first kappa shape index (κ1) is 22.5. The highest BCUT2D eigenvalue weighted by Crippen LogP contribution is 2.60. The van der Waals surface area contributed by atoms with E-state index in [0.29, 0.717) is 6.42 Å². The topological polar surface area (TPSA) is 67.2 Å². The SMILES string of the molecule is CC(C)(NC(=O)C12CCC(C(O)CC3c4ccccc4-c4cncn43)(CC1)CC2)c1ccccc1. The number of aliphatic hydroxyl groups excluding tert-OH is 1. The number of amides is 1. The molecule has 3 saturated carbocycles. The molecule has 1 aliphatic heterocycles. The van der Waals surface area contributed by atoms with Gasteiger partial charge in [0.2, 0.25) is 5.91 Å². The van der Waals surface area contributed by atoms with Gasteiger partial charge >= 0.3 is 0 Å². The number of fused-ring (bicyclic) bond motifs is 6. The quantitative estimate of drug-likeness (QED) is 0.494. The van der Waals surface area contributed by atoms with Crippen molar-refractivity contribution in [3.8, 4) is 11.3 Å². The van der Waals surface area contributed by atoms with Gasteiger partial charge in [-0.15, -0.1) is 0 Å². The van der Waals surface area contributed by atoms with Gasteiger partial charge < -0.3 is 15.0 Å². The van der Waals surface area contributed by atoms with Gasteiger partial charge in [0.15, 0.2) is 0 Å². The van der Waals surface area contributed by atoms with E-state index in [2.05, 4.69) is 65.1 Å². The Morgan fingerprint density at radius 2 is 1.71 bits per heavy atom. The molecule has 4 aliphatic rings. The van der Waals surface area contributed by atoms with E-state index in [0.717, 1.165) is 49.8 Å². The first-order chi connectivity index (χ1) is 16.8. The molecule has 1 amide bonds. The van der Waals surface area contributed by atoms with Crippen molar-refractivity contribution in [1.29, 1.82) is 0 Å². The number of carbonyl (C=O) groups is 1. The van der Waals surface area contributed by atoms with E-state index in [9.17, 15) is 9.90 Å². The van der Waals surface area contributed by atoms with Crippen molar-refractivity contribution in [1.82, 2.24) is 14.9 Å². The van der Waals surface area contributed by atoms with Crippen LogP contribution in [0, 0.1) is 10.8 Å². The molecule has 2 bridgehead atoms. The summed E-state index contributed by atoms with van der Waals surface area (Å²) in [4.78, 5) is 18.0. The van der Waals surface area contributed by atoms with Crippen LogP contribution in [-0.4, -0.2) is 26.7 Å². The van der Waals surface area contributed by atoms with Crippen molar-refractivity contribution in [3.63, 3.8) is 0 Å². The monoisotopic (exact) mass is 469 g/mol. The molecule has 2 atom stereocenters. The highest BCUT2D eigenvalue weighted by molar-refractivity contribution is 5.84. The maximum atomic E-state index is 13.6. The molecular formula is C30H35N3O2. The molecule has 35 heavy (non-hydrogen) atoms. The minimum absolute atomic E-state index is 0.0880. The number of rotatable bonds is 6. The fraction of sp³-hybridized carbons (Fsp3) is 0.467. The number of hydrogen-bond donors (Lipinski definition) is 2. The van der Waals surface area contributed by atoms with E-state index < -0.39 is 11.6 Å². The van der Waals surface area contributed by atoms with Crippen molar-refractivity contribution in [2.45, 2.75) is 76.5 Å². The number of nitrogens with one attached hydrogen (secondary N) is 1. The average Bonchev–Trinajstić information content (AvgIpc) is 3.48. The van der Waals surface area contributed by atoms with Crippen LogP contribution in [0.1, 0.15) is 76.0 Å². The number of imidazole rings is 1. The Kier molecular flexibility index (Phi) is 5.19. The van der Waals surface area contributed by atoms with Gasteiger partial charge in [-0.05, 0) is 75.3 Å². The minimum atomic E-state index is -0.406. The zero-order valence-electron chi connectivity index (χ0n) is 20.7. The second-order valence-electron chi connectivity index (χ2n) is 11.6. The van der Waals surface area contributed by atoms with Crippen LogP contribution in [0.5, 0.6) is 0 Å². The second kappa shape index (κ2) is 8.06. The van der Waals surface area contributed by atoms with Crippen LogP contribution in [-0.2, 0) is 10.3 Å². The Bertz CT molecular complexity index is 1220. The van der Waals surface area contributed by atoms with Crippen LogP contribution in [0.3, 0.4) is 0 Å². The maximum absolute atomic E-state index is 13.6. The molecule has 2 heterocycles. The van der Waals surface area contributed by atoms with Crippen LogP contribution in [0.4, 0.5) is 0 Å². The van der Waals surface area contributed by atoms with Gasteiger partial charge in [0.25, 0.3) is 0 Å². The highest BCUT2D eigenvalue weighted by atomic mass is 16.3. The van der Waals surface area contributed by atoms with Crippen molar-refractivity contribution in [2.75, 3.05) is 0 Å². The molecule has 2 N–H and O–H groups in total. The van der Waals surface area contributed by atoms with Gasteiger partial charge in [0.1, 0.15) is 0 Å². The van der Waals surface area contributed by atoms with Gasteiger partial charge in [-0.2, -0.15) is 0 Å². The van der Waals surface area contributed by atoms with E-state index in [1.54, 1.807) is 0 Å². The van der Waals surface area contributed by atoms with E-state index >= 15 is 0 Å². The predicted octanol–water partition coefficient (Wildman–Crippen LogP) is 5.60. The summed E-state index contributed by atoms with van der Waals surface area (Å²) in [6.45, 7) is 4.17. The smallest absolute Gasteiger partial charge is 0.226 e. The zero-order chi connectivity index (χ0) is 24.3. The van der Waals surface area contributed by atoms with Crippen LogP contribution in [0.15, 0.2) is 67.1 Å². The Labute approximate surface area is 207 Å². The summed E-state index contributed by atoms with van der Waals surface area (Å²) in [5.41, 5.74) is 3.97. The van der Waals surface area contributed by atoms with Gasteiger partial charge in [0.05, 0.1) is 35.9 Å². The molecule has 3 fully saturated rings. The summed E-state index contributed by atoms with van der Waals surface area (Å²) in [6.07, 6.45) is 9.45. The summed E-state index contributed by atoms with van der Waals surface area (Å²) in [5.74, 6) is 0.182. The molecule has 0 radical (unpaired) electrons. The Balaban J connectivity index is 1.16. The van der Waals surface area contributed by atoms with Crippen molar-refractivity contribution in [3.05, 3.63) is 78.2 Å². The summed E-state index contributed by atoms with van der Waals surface area (Å²) in [7, 11) is 0. The lowest BCUT2D eigenvalue weighted by Crippen LogP contribution is -2.56. The molecule has 3 aromatic rings. The molecule has 0 saturated heterocycles. The number of nitrogens with zero attached hydrogens (tertiary/aromatic N) is 2. The van der Waals surface area contributed by atoms with Gasteiger partial charge in [-0.1, -0.05) is 54.6 Å². The molecule has 2 aromatic carbocycles. The molecule has 0 spiro atoms. The number of carbonyl (C=O) groups excluding carboxylic acids is 1. The fourth-order valence-corrected chi connectivity index (χ4v) is 7.03. The van der Waals surface area contributed by atoms with Crippen LogP contribution >= 0.6 is 0 Å². The molecule has 2 unspecified atom stereocenters. The van der Waals surface area contributed by atoms with E-state index in [-0.39, 0.29) is 22.8 Å². The third-order valence-electron chi connectivity index (χ3n) is 9.46. The number of aliphatic hydroxyl groups is 1. The molecular weight excluding hydrogens is 434 g/mol. The zero-order valence-corrected chi connectivity index (χ0v) is 20.7. The summed E-state index contributed by atoms with van der Waals surface area (Å²) in [6, 6.07) is 18.8. The molecule has 5 nitrogen and oxygen atoms in total. The minimum Gasteiger partial charge on any atom is -0.392 e. The van der Waals surface area contributed by atoms with Crippen molar-refractivity contribution >= 4 is 5.91 Å². The van der Waals surface area contributed by atoms with Gasteiger partial charge in [0, 0.05) is 11.0 Å². The van der Waals surface area contributed by atoms with E-state index in [1.165, 1.54) is 11.1 Å². The normalized spacial score (nSPS) is 27.8. The largest absolute Gasteiger partial charge is 0.392 e. The molecule has 5 heteroatoms. The lowest BCUT2D eigenvalue weighted by molar-refractivity contribution is -0.149. The van der Waals surface area contributed by atoms with Crippen LogP contribution < -0.4 is 5.32 Å². The van der Waals surface area contributed by atoms with Crippen LogP contribution in [0.2, 0.25) is 0 Å². The van der Waals surface area contributed by atoms with Gasteiger partial charge in [-0.3, -0.25) is 4.79 Å². The lowest BCUT2D eigenvalue weighted by atomic mass is 9.51. The van der Waals surface area contributed by atoms with E-state index in [4.69, 9.17) is 0 Å². The molecule has 3 aliphatic carbocycles. The second-order valence-corrected chi connectivity index (χ2v) is 11.6. The van der Waals surface area contributed by atoms with Crippen LogP contribution in [0.25, 0.3) is 11.3 Å². The average molecular weight is 470 g/mol. The molecule has 7 rings (SSSR count). The first-order valence-electron chi connectivity index (χ1n) is 13.0. The third-order valence-corrected chi connectivity index (χ3v) is 9.46. The Morgan fingerprint density at radius 3 is 2.43 bits per heavy atom. The predicted molar refractivity (Wildman–Crippen MR) is 137 cm³/mol. The number of aromatic nitrogens is 2. The Morgan fingerprint density at radius 1 is 1.06 bits per heavy atom. The Hall–Kier alpha value is -2.92. The van der Waals surface area contributed by atoms with Crippen molar-refractivity contribution < 1.29 is 9.90 Å². The fourth-order valence-electron chi connectivity index (χ4n) is 7.03.